The molecule has 5 nitrogen and oxygen atoms in total. The van der Waals surface area contributed by atoms with Gasteiger partial charge in [-0.1, -0.05) is 12.1 Å². The van der Waals surface area contributed by atoms with Gasteiger partial charge in [0.1, 0.15) is 11.5 Å². The molecule has 1 amide bonds. The van der Waals surface area contributed by atoms with E-state index >= 15 is 0 Å². The molecule has 0 aliphatic heterocycles. The van der Waals surface area contributed by atoms with Crippen LogP contribution in [0.4, 0.5) is 4.39 Å². The van der Waals surface area contributed by atoms with E-state index in [0.29, 0.717) is 5.69 Å². The largest absolute Gasteiger partial charge is 0.348 e. The van der Waals surface area contributed by atoms with Crippen molar-refractivity contribution in [3.8, 4) is 5.69 Å². The first-order valence-corrected chi connectivity index (χ1v) is 11.0. The van der Waals surface area contributed by atoms with E-state index in [2.05, 4.69) is 17.3 Å². The summed E-state index contributed by atoms with van der Waals surface area (Å²) in [5.74, 6) is 1.43. The summed E-state index contributed by atoms with van der Waals surface area (Å²) in [5.41, 5.74) is 0.226. The van der Waals surface area contributed by atoms with Crippen LogP contribution in [0.5, 0.6) is 0 Å². The molecule has 4 aliphatic carbocycles. The fourth-order valence-corrected chi connectivity index (χ4v) is 6.70. The van der Waals surface area contributed by atoms with Crippen molar-refractivity contribution in [3.63, 3.8) is 0 Å². The molecular weight excluding hydrogens is 381 g/mol. The van der Waals surface area contributed by atoms with E-state index < -0.39 is 17.2 Å². The van der Waals surface area contributed by atoms with Crippen molar-refractivity contribution in [2.24, 2.45) is 23.2 Å². The van der Waals surface area contributed by atoms with E-state index in [0.717, 1.165) is 17.8 Å². The molecule has 0 spiro atoms. The number of carbonyl (C=O) groups is 1. The molecule has 1 atom stereocenters. The van der Waals surface area contributed by atoms with Crippen molar-refractivity contribution < 1.29 is 9.18 Å². The third-order valence-corrected chi connectivity index (χ3v) is 7.75. The number of rotatable bonds is 4. The highest BCUT2D eigenvalue weighted by Gasteiger charge is 2.53. The highest BCUT2D eigenvalue weighted by atomic mass is 19.1. The molecule has 1 aromatic heterocycles. The summed E-state index contributed by atoms with van der Waals surface area (Å²) in [4.78, 5) is 25.6. The summed E-state index contributed by atoms with van der Waals surface area (Å²) in [7, 11) is 0. The van der Waals surface area contributed by atoms with Crippen LogP contribution in [0.15, 0.2) is 35.1 Å². The molecule has 0 radical (unpaired) electrons. The van der Waals surface area contributed by atoms with E-state index in [1.807, 2.05) is 0 Å². The molecule has 4 saturated carbocycles. The second kappa shape index (κ2) is 7.03. The van der Waals surface area contributed by atoms with Gasteiger partial charge in [0.05, 0.1) is 0 Å². The molecule has 4 aliphatic rings. The molecule has 0 saturated heterocycles. The monoisotopic (exact) mass is 409 g/mol. The summed E-state index contributed by atoms with van der Waals surface area (Å²) < 4.78 is 15.6. The van der Waals surface area contributed by atoms with Gasteiger partial charge in [-0.2, -0.15) is 5.10 Å². The maximum Gasteiger partial charge on any atom is 0.276 e. The molecule has 2 aromatic rings. The van der Waals surface area contributed by atoms with Crippen LogP contribution < -0.4 is 10.7 Å². The van der Waals surface area contributed by atoms with Crippen LogP contribution in [0.3, 0.4) is 0 Å². The van der Waals surface area contributed by atoms with E-state index in [4.69, 9.17) is 0 Å². The Morgan fingerprint density at radius 1 is 1.17 bits per heavy atom. The van der Waals surface area contributed by atoms with Crippen LogP contribution in [0.2, 0.25) is 0 Å². The highest BCUT2D eigenvalue weighted by molar-refractivity contribution is 5.92. The van der Waals surface area contributed by atoms with Crippen LogP contribution in [0, 0.1) is 35.9 Å². The van der Waals surface area contributed by atoms with E-state index in [-0.39, 0.29) is 22.8 Å². The molecule has 4 fully saturated rings. The van der Waals surface area contributed by atoms with Crippen LogP contribution in [0.1, 0.15) is 61.6 Å². The van der Waals surface area contributed by atoms with Crippen LogP contribution in [-0.2, 0) is 0 Å². The number of halogens is 1. The van der Waals surface area contributed by atoms with Crippen molar-refractivity contribution >= 4 is 5.91 Å². The number of aromatic nitrogens is 2. The number of carbonyl (C=O) groups excluding carboxylic acids is 1. The molecule has 30 heavy (non-hydrogen) atoms. The smallest absolute Gasteiger partial charge is 0.276 e. The molecule has 1 unspecified atom stereocenters. The standard InChI is InChI=1S/C24H28FN3O2/c1-14-7-21(29)22(27-28(14)20-6-4-3-5-19(20)25)23(30)26-15(2)24-11-16-8-17(12-24)10-18(9-16)13-24/h3-7,15-18H,8-13H2,1-2H3,(H,26,30). The number of nitrogens with zero attached hydrogens (tertiary/aromatic N) is 2. The van der Waals surface area contributed by atoms with Crippen molar-refractivity contribution in [2.45, 2.75) is 58.4 Å². The fraction of sp³-hybridized carbons (Fsp3) is 0.542. The lowest BCUT2D eigenvalue weighted by Gasteiger charge is -2.59. The Morgan fingerprint density at radius 3 is 2.37 bits per heavy atom. The molecule has 158 valence electrons. The number of para-hydroxylation sites is 1. The first kappa shape index (κ1) is 19.5. The van der Waals surface area contributed by atoms with Gasteiger partial charge in [-0.25, -0.2) is 9.07 Å². The SMILES string of the molecule is Cc1cc(=O)c(C(=O)NC(C)C23CC4CC(CC(C4)C2)C3)nn1-c1ccccc1F. The Bertz CT molecular complexity index is 1030. The van der Waals surface area contributed by atoms with E-state index in [1.54, 1.807) is 25.1 Å². The van der Waals surface area contributed by atoms with Gasteiger partial charge in [0, 0.05) is 17.8 Å². The molecule has 6 heteroatoms. The van der Waals surface area contributed by atoms with Crippen molar-refractivity contribution in [3.05, 3.63) is 57.8 Å². The summed E-state index contributed by atoms with van der Waals surface area (Å²) >= 11 is 0. The lowest BCUT2D eigenvalue weighted by atomic mass is 9.48. The Kier molecular flexibility index (Phi) is 4.56. The topological polar surface area (TPSA) is 64.0 Å². The third-order valence-electron chi connectivity index (χ3n) is 7.75. The average Bonchev–Trinajstić information content (AvgIpc) is 2.67. The molecule has 6 rings (SSSR count). The molecule has 1 heterocycles. The minimum Gasteiger partial charge on any atom is -0.348 e. The predicted molar refractivity (Wildman–Crippen MR) is 112 cm³/mol. The lowest BCUT2D eigenvalue weighted by Crippen LogP contribution is -2.56. The normalized spacial score (nSPS) is 30.3. The second-order valence-corrected chi connectivity index (χ2v) is 9.84. The maximum absolute atomic E-state index is 14.3. The maximum atomic E-state index is 14.3. The molecule has 1 N–H and O–H groups in total. The Hall–Kier alpha value is -2.50. The van der Waals surface area contributed by atoms with Crippen molar-refractivity contribution in [2.75, 3.05) is 0 Å². The zero-order valence-corrected chi connectivity index (χ0v) is 17.5. The van der Waals surface area contributed by atoms with Crippen molar-refractivity contribution in [1.82, 2.24) is 15.1 Å². The van der Waals surface area contributed by atoms with Gasteiger partial charge in [0.15, 0.2) is 5.69 Å². The number of amides is 1. The summed E-state index contributed by atoms with van der Waals surface area (Å²) in [5, 5.41) is 7.35. The number of hydrogen-bond acceptors (Lipinski definition) is 3. The minimum absolute atomic E-state index is 0.0113. The Labute approximate surface area is 175 Å². The number of nitrogens with one attached hydrogen (secondary N) is 1. The molecular formula is C24H28FN3O2. The first-order chi connectivity index (χ1) is 14.3. The second-order valence-electron chi connectivity index (χ2n) is 9.84. The zero-order valence-electron chi connectivity index (χ0n) is 17.5. The Balaban J connectivity index is 1.42. The lowest BCUT2D eigenvalue weighted by molar-refractivity contribution is -0.0688. The molecule has 1 aromatic carbocycles. The highest BCUT2D eigenvalue weighted by Crippen LogP contribution is 2.61. The third kappa shape index (κ3) is 3.17. The van der Waals surface area contributed by atoms with Gasteiger partial charge in [-0.3, -0.25) is 9.59 Å². The first-order valence-electron chi connectivity index (χ1n) is 11.0. The van der Waals surface area contributed by atoms with Crippen LogP contribution in [-0.4, -0.2) is 21.7 Å². The minimum atomic E-state index is -0.465. The number of benzene rings is 1. The quantitative estimate of drug-likeness (QED) is 0.830. The molecule has 4 bridgehead atoms. The van der Waals surface area contributed by atoms with Gasteiger partial charge in [0.25, 0.3) is 5.91 Å². The van der Waals surface area contributed by atoms with Gasteiger partial charge in [0.2, 0.25) is 5.43 Å². The zero-order chi connectivity index (χ0) is 21.0. The average molecular weight is 410 g/mol. The van der Waals surface area contributed by atoms with E-state index in [9.17, 15) is 14.0 Å². The fourth-order valence-electron chi connectivity index (χ4n) is 6.70. The summed E-state index contributed by atoms with van der Waals surface area (Å²) in [6, 6.07) is 7.55. The van der Waals surface area contributed by atoms with Crippen LogP contribution in [0.25, 0.3) is 5.69 Å². The Morgan fingerprint density at radius 2 is 1.77 bits per heavy atom. The van der Waals surface area contributed by atoms with Gasteiger partial charge < -0.3 is 5.32 Å². The van der Waals surface area contributed by atoms with Gasteiger partial charge in [-0.15, -0.1) is 0 Å². The van der Waals surface area contributed by atoms with Gasteiger partial charge >= 0.3 is 0 Å². The van der Waals surface area contributed by atoms with Crippen LogP contribution >= 0.6 is 0 Å². The van der Waals surface area contributed by atoms with Gasteiger partial charge in [-0.05, 0) is 87.7 Å². The summed E-state index contributed by atoms with van der Waals surface area (Å²) in [6.45, 7) is 3.76. The number of hydrogen-bond donors (Lipinski definition) is 1. The van der Waals surface area contributed by atoms with E-state index in [1.165, 1.54) is 55.3 Å². The van der Waals surface area contributed by atoms with Crippen molar-refractivity contribution in [1.29, 1.82) is 0 Å². The predicted octanol–water partition coefficient (Wildman–Crippen LogP) is 4.01. The number of aryl methyl sites for hydroxylation is 1. The summed E-state index contributed by atoms with van der Waals surface area (Å²) in [6.07, 6.45) is 7.52.